The summed E-state index contributed by atoms with van der Waals surface area (Å²) in [5.41, 5.74) is 1.65. The van der Waals surface area contributed by atoms with Crippen LogP contribution in [0.3, 0.4) is 0 Å². The maximum Gasteiger partial charge on any atom is 0.274 e. The summed E-state index contributed by atoms with van der Waals surface area (Å²) >= 11 is 5.91. The minimum Gasteiger partial charge on any atom is -0.495 e. The Labute approximate surface area is 121 Å². The van der Waals surface area contributed by atoms with E-state index in [-0.39, 0.29) is 5.91 Å². The monoisotopic (exact) mass is 291 g/mol. The highest BCUT2D eigenvalue weighted by atomic mass is 35.5. The van der Waals surface area contributed by atoms with E-state index in [1.165, 1.54) is 7.11 Å². The number of rotatable bonds is 4. The van der Waals surface area contributed by atoms with Crippen molar-refractivity contribution in [1.29, 1.82) is 0 Å². The van der Waals surface area contributed by atoms with Crippen LogP contribution in [0.2, 0.25) is 5.02 Å². The van der Waals surface area contributed by atoms with Crippen molar-refractivity contribution in [2.24, 2.45) is 0 Å². The topological polar surface area (TPSA) is 63.2 Å². The molecule has 1 aromatic heterocycles. The molecule has 2 N–H and O–H groups in total. The second-order valence-electron chi connectivity index (χ2n) is 3.98. The zero-order valence-corrected chi connectivity index (χ0v) is 11.9. The molecule has 1 amide bonds. The van der Waals surface area contributed by atoms with Gasteiger partial charge in [-0.25, -0.2) is 4.98 Å². The van der Waals surface area contributed by atoms with E-state index in [2.05, 4.69) is 15.6 Å². The highest BCUT2D eigenvalue weighted by molar-refractivity contribution is 6.31. The molecule has 6 heteroatoms. The van der Waals surface area contributed by atoms with Gasteiger partial charge in [-0.1, -0.05) is 11.6 Å². The maximum atomic E-state index is 12.1. The number of nitrogens with one attached hydrogen (secondary N) is 2. The van der Waals surface area contributed by atoms with Crippen LogP contribution in [-0.2, 0) is 0 Å². The lowest BCUT2D eigenvalue weighted by molar-refractivity contribution is 0.102. The van der Waals surface area contributed by atoms with E-state index >= 15 is 0 Å². The van der Waals surface area contributed by atoms with Crippen LogP contribution < -0.4 is 15.4 Å². The number of hydrogen-bond acceptors (Lipinski definition) is 4. The zero-order chi connectivity index (χ0) is 14.5. The molecule has 0 spiro atoms. The Morgan fingerprint density at radius 2 is 2.10 bits per heavy atom. The average molecular weight is 292 g/mol. The van der Waals surface area contributed by atoms with Gasteiger partial charge in [-0.15, -0.1) is 0 Å². The minimum atomic E-state index is -0.326. The van der Waals surface area contributed by atoms with E-state index in [4.69, 9.17) is 16.3 Å². The van der Waals surface area contributed by atoms with Crippen LogP contribution in [0.15, 0.2) is 36.5 Å². The lowest BCUT2D eigenvalue weighted by Gasteiger charge is -2.10. The second kappa shape index (κ2) is 6.25. The van der Waals surface area contributed by atoms with Crippen LogP contribution in [0.1, 0.15) is 10.5 Å². The standard InChI is InChI=1S/C14H14ClN3O2/c1-16-10-4-5-11(17-8-10)14(19)18-12-7-9(15)3-6-13(12)20-2/h3-8,16H,1-2H3,(H,18,19). The Kier molecular flexibility index (Phi) is 4.42. The van der Waals surface area contributed by atoms with Crippen molar-refractivity contribution in [2.75, 3.05) is 24.8 Å². The van der Waals surface area contributed by atoms with Crippen LogP contribution in [0, 0.1) is 0 Å². The summed E-state index contributed by atoms with van der Waals surface area (Å²) in [6.07, 6.45) is 1.59. The summed E-state index contributed by atoms with van der Waals surface area (Å²) in [6, 6.07) is 8.42. The van der Waals surface area contributed by atoms with Crippen LogP contribution in [-0.4, -0.2) is 25.0 Å². The minimum absolute atomic E-state index is 0.311. The Morgan fingerprint density at radius 3 is 2.70 bits per heavy atom. The molecule has 0 fully saturated rings. The summed E-state index contributed by atoms with van der Waals surface area (Å²) in [7, 11) is 3.31. The van der Waals surface area contributed by atoms with E-state index < -0.39 is 0 Å². The molecule has 0 atom stereocenters. The first-order valence-electron chi connectivity index (χ1n) is 5.92. The third-order valence-corrected chi connectivity index (χ3v) is 2.93. The zero-order valence-electron chi connectivity index (χ0n) is 11.1. The summed E-state index contributed by atoms with van der Waals surface area (Å²) in [5, 5.41) is 6.18. The first kappa shape index (κ1) is 14.1. The third kappa shape index (κ3) is 3.19. The van der Waals surface area contributed by atoms with Crippen LogP contribution >= 0.6 is 11.6 Å². The molecule has 20 heavy (non-hydrogen) atoms. The molecule has 1 heterocycles. The van der Waals surface area contributed by atoms with Crippen molar-refractivity contribution in [1.82, 2.24) is 4.98 Å². The fourth-order valence-electron chi connectivity index (χ4n) is 1.64. The number of anilines is 2. The quantitative estimate of drug-likeness (QED) is 0.909. The highest BCUT2D eigenvalue weighted by Crippen LogP contribution is 2.27. The highest BCUT2D eigenvalue weighted by Gasteiger charge is 2.11. The Balaban J connectivity index is 2.20. The van der Waals surface area contributed by atoms with Gasteiger partial charge in [-0.3, -0.25) is 4.79 Å². The third-order valence-electron chi connectivity index (χ3n) is 2.69. The van der Waals surface area contributed by atoms with Gasteiger partial charge in [0.15, 0.2) is 0 Å². The van der Waals surface area contributed by atoms with Crippen molar-refractivity contribution in [3.05, 3.63) is 47.2 Å². The molecule has 0 bridgehead atoms. The SMILES string of the molecule is CNc1ccc(C(=O)Nc2cc(Cl)ccc2OC)nc1. The number of carbonyl (C=O) groups excluding carboxylic acids is 1. The Hall–Kier alpha value is -2.27. The van der Waals surface area contributed by atoms with E-state index in [1.807, 2.05) is 0 Å². The van der Waals surface area contributed by atoms with Crippen molar-refractivity contribution >= 4 is 28.9 Å². The molecule has 0 unspecified atom stereocenters. The van der Waals surface area contributed by atoms with Gasteiger partial charge in [-0.2, -0.15) is 0 Å². The summed E-state index contributed by atoms with van der Waals surface area (Å²) in [4.78, 5) is 16.2. The predicted octanol–water partition coefficient (Wildman–Crippen LogP) is 3.04. The number of nitrogens with zero attached hydrogens (tertiary/aromatic N) is 1. The second-order valence-corrected chi connectivity index (χ2v) is 4.42. The molecule has 0 aliphatic heterocycles. The summed E-state index contributed by atoms with van der Waals surface area (Å²) in [5.74, 6) is 0.211. The fraction of sp³-hybridized carbons (Fsp3) is 0.143. The van der Waals surface area contributed by atoms with Gasteiger partial charge in [0.2, 0.25) is 0 Å². The number of hydrogen-bond donors (Lipinski definition) is 2. The van der Waals surface area contributed by atoms with Crippen molar-refractivity contribution in [3.8, 4) is 5.75 Å². The Morgan fingerprint density at radius 1 is 1.30 bits per heavy atom. The van der Waals surface area contributed by atoms with E-state index in [0.29, 0.717) is 22.2 Å². The molecular formula is C14H14ClN3O2. The van der Waals surface area contributed by atoms with Gasteiger partial charge in [0.05, 0.1) is 24.7 Å². The average Bonchev–Trinajstić information content (AvgIpc) is 2.47. The molecule has 0 aliphatic rings. The van der Waals surface area contributed by atoms with Crippen LogP contribution in [0.5, 0.6) is 5.75 Å². The molecule has 0 radical (unpaired) electrons. The number of aromatic nitrogens is 1. The van der Waals surface area contributed by atoms with Gasteiger partial charge in [0.1, 0.15) is 11.4 Å². The van der Waals surface area contributed by atoms with Gasteiger partial charge in [-0.05, 0) is 30.3 Å². The van der Waals surface area contributed by atoms with Crippen LogP contribution in [0.25, 0.3) is 0 Å². The van der Waals surface area contributed by atoms with Crippen molar-refractivity contribution in [3.63, 3.8) is 0 Å². The fourth-order valence-corrected chi connectivity index (χ4v) is 1.81. The molecule has 2 aromatic rings. The summed E-state index contributed by atoms with van der Waals surface area (Å²) < 4.78 is 5.17. The molecule has 5 nitrogen and oxygen atoms in total. The van der Waals surface area contributed by atoms with E-state index in [9.17, 15) is 4.79 Å². The number of benzene rings is 1. The van der Waals surface area contributed by atoms with Crippen LogP contribution in [0.4, 0.5) is 11.4 Å². The number of amides is 1. The van der Waals surface area contributed by atoms with E-state index in [1.54, 1.807) is 43.6 Å². The predicted molar refractivity (Wildman–Crippen MR) is 79.7 cm³/mol. The molecule has 2 rings (SSSR count). The number of halogens is 1. The van der Waals surface area contributed by atoms with Crippen molar-refractivity contribution < 1.29 is 9.53 Å². The number of pyridine rings is 1. The largest absolute Gasteiger partial charge is 0.495 e. The Bertz CT molecular complexity index is 614. The molecule has 0 aliphatic carbocycles. The number of carbonyl (C=O) groups is 1. The van der Waals surface area contributed by atoms with Gasteiger partial charge >= 0.3 is 0 Å². The molecular weight excluding hydrogens is 278 g/mol. The molecule has 0 saturated heterocycles. The smallest absolute Gasteiger partial charge is 0.274 e. The molecule has 1 aromatic carbocycles. The van der Waals surface area contributed by atoms with Gasteiger partial charge < -0.3 is 15.4 Å². The van der Waals surface area contributed by atoms with Gasteiger partial charge in [0.25, 0.3) is 5.91 Å². The lowest BCUT2D eigenvalue weighted by atomic mass is 10.2. The van der Waals surface area contributed by atoms with Gasteiger partial charge in [0, 0.05) is 12.1 Å². The molecule has 104 valence electrons. The summed E-state index contributed by atoms with van der Waals surface area (Å²) in [6.45, 7) is 0. The van der Waals surface area contributed by atoms with E-state index in [0.717, 1.165) is 5.69 Å². The first-order valence-corrected chi connectivity index (χ1v) is 6.30. The van der Waals surface area contributed by atoms with Crippen molar-refractivity contribution in [2.45, 2.75) is 0 Å². The normalized spacial score (nSPS) is 9.95. The first-order chi connectivity index (χ1) is 9.63. The number of ether oxygens (including phenoxy) is 1. The number of methoxy groups -OCH3 is 1. The lowest BCUT2D eigenvalue weighted by Crippen LogP contribution is -2.14. The maximum absolute atomic E-state index is 12.1. The molecule has 0 saturated carbocycles.